The number of halogens is 1. The van der Waals surface area contributed by atoms with Crippen molar-refractivity contribution in [3.63, 3.8) is 0 Å². The lowest BCUT2D eigenvalue weighted by Crippen LogP contribution is -2.43. The van der Waals surface area contributed by atoms with Crippen LogP contribution < -0.4 is 11.1 Å². The van der Waals surface area contributed by atoms with E-state index in [1.807, 2.05) is 0 Å². The lowest BCUT2D eigenvalue weighted by molar-refractivity contribution is 0.0697. The fourth-order valence-corrected chi connectivity index (χ4v) is 4.10. The summed E-state index contributed by atoms with van der Waals surface area (Å²) in [4.78, 5) is 10.9. The second kappa shape index (κ2) is 5.68. The first-order valence-corrected chi connectivity index (χ1v) is 8.06. The van der Waals surface area contributed by atoms with Crippen molar-refractivity contribution in [2.24, 2.45) is 0 Å². The van der Waals surface area contributed by atoms with Crippen LogP contribution in [-0.2, 0) is 14.6 Å². The number of carboxylic acid groups (broad SMARTS) is 1. The van der Waals surface area contributed by atoms with Crippen LogP contribution in [0, 0.1) is 0 Å². The maximum atomic E-state index is 12.5. The van der Waals surface area contributed by atoms with E-state index < -0.39 is 21.2 Å². The van der Waals surface area contributed by atoms with Gasteiger partial charge in [0, 0.05) is 17.6 Å². The molecule has 1 fully saturated rings. The number of morpholine rings is 1. The summed E-state index contributed by atoms with van der Waals surface area (Å²) in [5, 5.41) is 12.0. The van der Waals surface area contributed by atoms with Crippen LogP contribution in [0.2, 0.25) is 0 Å². The molecule has 0 amide bonds. The molecule has 1 aromatic rings. The van der Waals surface area contributed by atoms with Crippen LogP contribution in [-0.4, -0.2) is 44.6 Å². The van der Waals surface area contributed by atoms with Crippen LogP contribution in [0.5, 0.6) is 0 Å². The molecule has 1 unspecified atom stereocenters. The molecule has 2 rings (SSSR count). The third-order valence-electron chi connectivity index (χ3n) is 2.88. The number of carbonyl (C=O) groups is 1. The van der Waals surface area contributed by atoms with Gasteiger partial charge in [-0.05, 0) is 12.1 Å². The first-order chi connectivity index (χ1) is 9.34. The van der Waals surface area contributed by atoms with Gasteiger partial charge >= 0.3 is 5.97 Å². The minimum absolute atomic E-state index is 0.136. The molecule has 110 valence electrons. The van der Waals surface area contributed by atoms with Crippen molar-refractivity contribution >= 4 is 37.4 Å². The van der Waals surface area contributed by atoms with Gasteiger partial charge in [0.2, 0.25) is 9.84 Å². The summed E-state index contributed by atoms with van der Waals surface area (Å²) in [6.45, 7) is 0.973. The molecule has 0 aromatic heterocycles. The molecule has 4 N–H and O–H groups in total. The number of nitrogen functional groups attached to an aromatic ring is 1. The lowest BCUT2D eigenvalue weighted by atomic mass is 10.2. The Labute approximate surface area is 124 Å². The van der Waals surface area contributed by atoms with Crippen LogP contribution in [0.1, 0.15) is 10.4 Å². The molecule has 7 nitrogen and oxygen atoms in total. The van der Waals surface area contributed by atoms with E-state index in [0.29, 0.717) is 11.0 Å². The van der Waals surface area contributed by atoms with Crippen molar-refractivity contribution < 1.29 is 23.1 Å². The van der Waals surface area contributed by atoms with E-state index in [1.54, 1.807) is 0 Å². The molecule has 0 bridgehead atoms. The van der Waals surface area contributed by atoms with Crippen molar-refractivity contribution in [3.05, 3.63) is 22.2 Å². The summed E-state index contributed by atoms with van der Waals surface area (Å²) in [5.74, 6) is -1.29. The quantitative estimate of drug-likeness (QED) is 0.666. The van der Waals surface area contributed by atoms with Gasteiger partial charge in [0.05, 0.1) is 22.8 Å². The van der Waals surface area contributed by atoms with Gasteiger partial charge in [0.15, 0.2) is 5.44 Å². The number of hydrogen-bond acceptors (Lipinski definition) is 6. The normalized spacial score (nSPS) is 19.8. The van der Waals surface area contributed by atoms with Gasteiger partial charge in [0.1, 0.15) is 0 Å². The maximum absolute atomic E-state index is 12.5. The van der Waals surface area contributed by atoms with E-state index in [-0.39, 0.29) is 29.3 Å². The minimum Gasteiger partial charge on any atom is -0.478 e. The van der Waals surface area contributed by atoms with E-state index >= 15 is 0 Å². The fourth-order valence-electron chi connectivity index (χ4n) is 1.89. The van der Waals surface area contributed by atoms with Crippen LogP contribution in [0.4, 0.5) is 5.69 Å². The van der Waals surface area contributed by atoms with Crippen LogP contribution >= 0.6 is 15.9 Å². The Hall–Kier alpha value is -1.16. The highest BCUT2D eigenvalue weighted by Gasteiger charge is 2.33. The van der Waals surface area contributed by atoms with E-state index in [2.05, 4.69) is 21.2 Å². The summed E-state index contributed by atoms with van der Waals surface area (Å²) in [5.41, 5.74) is 4.07. The number of benzene rings is 1. The van der Waals surface area contributed by atoms with Gasteiger partial charge in [-0.25, -0.2) is 13.2 Å². The number of ether oxygens (including phenoxy) is 1. The smallest absolute Gasteiger partial charge is 0.337 e. The summed E-state index contributed by atoms with van der Waals surface area (Å²) < 4.78 is 30.5. The molecule has 1 saturated heterocycles. The Morgan fingerprint density at radius 1 is 1.50 bits per heavy atom. The van der Waals surface area contributed by atoms with Crippen molar-refractivity contribution in [2.75, 3.05) is 25.4 Å². The number of rotatable bonds is 3. The van der Waals surface area contributed by atoms with Gasteiger partial charge < -0.3 is 20.9 Å². The Bertz CT molecular complexity index is 640. The molecule has 9 heteroatoms. The molecule has 0 saturated carbocycles. The van der Waals surface area contributed by atoms with Crippen molar-refractivity contribution in [1.29, 1.82) is 0 Å². The number of aromatic carboxylic acids is 1. The highest BCUT2D eigenvalue weighted by Crippen LogP contribution is 2.30. The number of carboxylic acids is 1. The van der Waals surface area contributed by atoms with Crippen molar-refractivity contribution in [2.45, 2.75) is 10.3 Å². The minimum atomic E-state index is -3.87. The fraction of sp³-hybridized carbons (Fsp3) is 0.364. The Morgan fingerprint density at radius 3 is 2.75 bits per heavy atom. The van der Waals surface area contributed by atoms with Gasteiger partial charge in [-0.1, -0.05) is 15.9 Å². The van der Waals surface area contributed by atoms with E-state index in [0.717, 1.165) is 0 Å². The predicted octanol–water partition coefficient (Wildman–Crippen LogP) is 0.449. The topological polar surface area (TPSA) is 119 Å². The monoisotopic (exact) mass is 364 g/mol. The number of hydrogen-bond donors (Lipinski definition) is 3. The summed E-state index contributed by atoms with van der Waals surface area (Å²) >= 11 is 3.09. The SMILES string of the molecule is Nc1c(C(=O)O)cc(Br)cc1S(=O)(=O)C1CNCCO1. The van der Waals surface area contributed by atoms with Crippen molar-refractivity contribution in [1.82, 2.24) is 5.32 Å². The Morgan fingerprint density at radius 2 is 2.20 bits per heavy atom. The first kappa shape index (κ1) is 15.2. The molecular formula is C11H13BrN2O5S. The predicted molar refractivity (Wildman–Crippen MR) is 75.3 cm³/mol. The average Bonchev–Trinajstić information content (AvgIpc) is 2.41. The zero-order chi connectivity index (χ0) is 14.9. The Kier molecular flexibility index (Phi) is 4.33. The molecule has 1 aliphatic heterocycles. The molecular weight excluding hydrogens is 352 g/mol. The van der Waals surface area contributed by atoms with Gasteiger partial charge in [-0.15, -0.1) is 0 Å². The highest BCUT2D eigenvalue weighted by atomic mass is 79.9. The number of sulfone groups is 1. The molecule has 0 radical (unpaired) electrons. The molecule has 1 aliphatic rings. The summed E-state index contributed by atoms with van der Waals surface area (Å²) in [6.07, 6.45) is 0. The average molecular weight is 365 g/mol. The number of nitrogens with two attached hydrogens (primary N) is 1. The van der Waals surface area contributed by atoms with Crippen molar-refractivity contribution in [3.8, 4) is 0 Å². The second-order valence-corrected chi connectivity index (χ2v) is 7.19. The number of nitrogens with one attached hydrogen (secondary N) is 1. The molecule has 20 heavy (non-hydrogen) atoms. The zero-order valence-electron chi connectivity index (χ0n) is 10.3. The largest absolute Gasteiger partial charge is 0.478 e. The van der Waals surface area contributed by atoms with Crippen LogP contribution in [0.15, 0.2) is 21.5 Å². The third-order valence-corrected chi connectivity index (χ3v) is 5.29. The highest BCUT2D eigenvalue weighted by molar-refractivity contribution is 9.10. The molecule has 1 atom stereocenters. The lowest BCUT2D eigenvalue weighted by Gasteiger charge is -2.24. The molecule has 1 heterocycles. The third kappa shape index (κ3) is 2.80. The molecule has 0 spiro atoms. The standard InChI is InChI=1S/C11H13BrN2O5S/c12-6-3-7(11(15)16)10(13)8(4-6)20(17,18)9-5-14-1-2-19-9/h3-4,9,14H,1-2,5,13H2,(H,15,16). The summed E-state index contributed by atoms with van der Waals surface area (Å²) in [6, 6.07) is 2.55. The molecule has 1 aromatic carbocycles. The number of anilines is 1. The van der Waals surface area contributed by atoms with Gasteiger partial charge in [0.25, 0.3) is 0 Å². The first-order valence-electron chi connectivity index (χ1n) is 5.72. The maximum Gasteiger partial charge on any atom is 0.337 e. The second-order valence-electron chi connectivity index (χ2n) is 4.22. The van der Waals surface area contributed by atoms with Gasteiger partial charge in [-0.2, -0.15) is 0 Å². The zero-order valence-corrected chi connectivity index (χ0v) is 12.7. The van der Waals surface area contributed by atoms with Crippen LogP contribution in [0.3, 0.4) is 0 Å². The van der Waals surface area contributed by atoms with E-state index in [4.69, 9.17) is 15.6 Å². The van der Waals surface area contributed by atoms with E-state index in [9.17, 15) is 13.2 Å². The summed E-state index contributed by atoms with van der Waals surface area (Å²) in [7, 11) is -3.87. The molecule has 0 aliphatic carbocycles. The Balaban J connectivity index is 2.53. The van der Waals surface area contributed by atoms with Gasteiger partial charge in [-0.3, -0.25) is 0 Å². The van der Waals surface area contributed by atoms with Crippen LogP contribution in [0.25, 0.3) is 0 Å². The van der Waals surface area contributed by atoms with E-state index in [1.165, 1.54) is 12.1 Å².